The Bertz CT molecular complexity index is 1140. The van der Waals surface area contributed by atoms with Gasteiger partial charge in [-0.1, -0.05) is 31.0 Å². The highest BCUT2D eigenvalue weighted by atomic mass is 32.1. The zero-order valence-electron chi connectivity index (χ0n) is 16.5. The van der Waals surface area contributed by atoms with E-state index in [0.717, 1.165) is 29.4 Å². The van der Waals surface area contributed by atoms with Crippen molar-refractivity contribution >= 4 is 33.9 Å². The summed E-state index contributed by atoms with van der Waals surface area (Å²) in [6, 6.07) is 15.9. The molecule has 0 spiro atoms. The molecule has 0 unspecified atom stereocenters. The van der Waals surface area contributed by atoms with Gasteiger partial charge in [0.25, 0.3) is 5.56 Å². The van der Waals surface area contributed by atoms with E-state index in [9.17, 15) is 4.79 Å². The molecule has 6 nitrogen and oxygen atoms in total. The lowest BCUT2D eigenvalue weighted by Crippen LogP contribution is -2.42. The highest BCUT2D eigenvalue weighted by Crippen LogP contribution is 2.35. The number of benzene rings is 2. The number of thiocarbonyl (C=S) groups is 1. The number of hydrogen-bond acceptors (Lipinski definition) is 4. The second kappa shape index (κ2) is 7.99. The highest BCUT2D eigenvalue weighted by Gasteiger charge is 2.26. The van der Waals surface area contributed by atoms with Gasteiger partial charge in [-0.3, -0.25) is 4.79 Å². The first-order valence-corrected chi connectivity index (χ1v) is 10.7. The molecule has 2 N–H and O–H groups in total. The van der Waals surface area contributed by atoms with Crippen LogP contribution in [0.2, 0.25) is 0 Å². The van der Waals surface area contributed by atoms with Gasteiger partial charge in [-0.05, 0) is 49.3 Å². The molecular weight excluding hydrogens is 398 g/mol. The highest BCUT2D eigenvalue weighted by molar-refractivity contribution is 7.80. The molecular formula is C23H23N3O3S. The third-order valence-corrected chi connectivity index (χ3v) is 6.14. The maximum Gasteiger partial charge on any atom is 0.253 e. The quantitative estimate of drug-likeness (QED) is 0.609. The third-order valence-electron chi connectivity index (χ3n) is 5.81. The van der Waals surface area contributed by atoms with E-state index in [1.807, 2.05) is 48.5 Å². The first-order valence-electron chi connectivity index (χ1n) is 10.3. The molecule has 2 heterocycles. The van der Waals surface area contributed by atoms with Gasteiger partial charge >= 0.3 is 0 Å². The zero-order chi connectivity index (χ0) is 20.5. The van der Waals surface area contributed by atoms with Crippen LogP contribution in [0.1, 0.15) is 31.2 Å². The molecule has 30 heavy (non-hydrogen) atoms. The molecule has 2 aliphatic rings. The van der Waals surface area contributed by atoms with Crippen molar-refractivity contribution in [3.05, 3.63) is 64.4 Å². The second-order valence-electron chi connectivity index (χ2n) is 7.78. The maximum atomic E-state index is 12.8. The van der Waals surface area contributed by atoms with E-state index in [2.05, 4.69) is 15.2 Å². The van der Waals surface area contributed by atoms with Crippen LogP contribution >= 0.6 is 12.2 Å². The lowest BCUT2D eigenvalue weighted by molar-refractivity contribution is 0.174. The van der Waals surface area contributed by atoms with Gasteiger partial charge in [-0.2, -0.15) is 0 Å². The number of para-hydroxylation sites is 1. The van der Waals surface area contributed by atoms with Crippen molar-refractivity contribution in [3.8, 4) is 11.5 Å². The minimum absolute atomic E-state index is 0.105. The summed E-state index contributed by atoms with van der Waals surface area (Å²) in [4.78, 5) is 18.0. The van der Waals surface area contributed by atoms with E-state index in [0.29, 0.717) is 34.8 Å². The number of fused-ring (bicyclic) bond motifs is 2. The molecule has 7 heteroatoms. The maximum absolute atomic E-state index is 12.8. The smallest absolute Gasteiger partial charge is 0.253 e. The fourth-order valence-electron chi connectivity index (χ4n) is 4.24. The fraction of sp³-hybridized carbons (Fsp3) is 0.304. The largest absolute Gasteiger partial charge is 0.454 e. The average molecular weight is 422 g/mol. The van der Waals surface area contributed by atoms with Crippen molar-refractivity contribution in [1.82, 2.24) is 9.88 Å². The zero-order valence-corrected chi connectivity index (χ0v) is 17.3. The van der Waals surface area contributed by atoms with Crippen molar-refractivity contribution in [2.24, 2.45) is 0 Å². The van der Waals surface area contributed by atoms with Crippen LogP contribution in [0.4, 0.5) is 5.69 Å². The molecule has 1 aromatic heterocycles. The van der Waals surface area contributed by atoms with Crippen LogP contribution in [-0.4, -0.2) is 27.8 Å². The second-order valence-corrected chi connectivity index (χ2v) is 8.17. The van der Waals surface area contributed by atoms with Crippen LogP contribution in [-0.2, 0) is 6.54 Å². The monoisotopic (exact) mass is 421 g/mol. The number of anilines is 1. The van der Waals surface area contributed by atoms with Crippen LogP contribution in [0.15, 0.2) is 53.3 Å². The van der Waals surface area contributed by atoms with Crippen LogP contribution < -0.4 is 20.3 Å². The number of ether oxygens (including phenoxy) is 2. The SMILES string of the molecule is O=c1[nH]c2cc3c(cc2cc1CN(C(=S)Nc1ccccc1)C1CCCC1)OCO3. The Morgan fingerprint density at radius 2 is 1.83 bits per heavy atom. The number of rotatable bonds is 4. The first-order chi connectivity index (χ1) is 14.7. The summed E-state index contributed by atoms with van der Waals surface area (Å²) in [5.41, 5.74) is 2.27. The van der Waals surface area contributed by atoms with Crippen LogP contribution in [0.3, 0.4) is 0 Å². The number of H-pyrrole nitrogens is 1. The molecule has 0 bridgehead atoms. The molecule has 5 rings (SSSR count). The summed E-state index contributed by atoms with van der Waals surface area (Å²) in [5, 5.41) is 4.91. The van der Waals surface area contributed by atoms with Gasteiger partial charge in [0.1, 0.15) is 0 Å². The Morgan fingerprint density at radius 1 is 1.10 bits per heavy atom. The Labute approximate surface area is 179 Å². The van der Waals surface area contributed by atoms with E-state index in [1.54, 1.807) is 0 Å². The summed E-state index contributed by atoms with van der Waals surface area (Å²) in [6.45, 7) is 0.667. The van der Waals surface area contributed by atoms with Crippen molar-refractivity contribution in [1.29, 1.82) is 0 Å². The van der Waals surface area contributed by atoms with Gasteiger partial charge < -0.3 is 24.7 Å². The average Bonchev–Trinajstić information content (AvgIpc) is 3.43. The predicted octanol–water partition coefficient (Wildman–Crippen LogP) is 4.40. The number of aromatic nitrogens is 1. The van der Waals surface area contributed by atoms with Gasteiger partial charge in [0, 0.05) is 28.7 Å². The van der Waals surface area contributed by atoms with E-state index < -0.39 is 0 Å². The summed E-state index contributed by atoms with van der Waals surface area (Å²) < 4.78 is 10.9. The fourth-order valence-corrected chi connectivity index (χ4v) is 4.57. The number of hydrogen-bond donors (Lipinski definition) is 2. The summed E-state index contributed by atoms with van der Waals surface area (Å²) >= 11 is 5.76. The number of nitrogens with zero attached hydrogens (tertiary/aromatic N) is 1. The standard InChI is InChI=1S/C23H23N3O3S/c27-22-16(10-15-11-20-21(29-14-28-20)12-19(15)25-22)13-26(18-8-4-5-9-18)23(30)24-17-6-2-1-3-7-17/h1-3,6-7,10-12,18H,4-5,8-9,13-14H2,(H,24,30)(H,25,27). The van der Waals surface area contributed by atoms with E-state index in [1.165, 1.54) is 12.8 Å². The molecule has 0 amide bonds. The lowest BCUT2D eigenvalue weighted by Gasteiger charge is -2.31. The minimum Gasteiger partial charge on any atom is -0.454 e. The minimum atomic E-state index is -0.105. The Hall–Kier alpha value is -3.06. The molecule has 1 saturated carbocycles. The number of pyridine rings is 1. The lowest BCUT2D eigenvalue weighted by atomic mass is 10.1. The van der Waals surface area contributed by atoms with Gasteiger partial charge in [0.05, 0.1) is 12.1 Å². The number of aromatic amines is 1. The van der Waals surface area contributed by atoms with Gasteiger partial charge in [0.15, 0.2) is 16.6 Å². The third kappa shape index (κ3) is 3.73. The predicted molar refractivity (Wildman–Crippen MR) is 121 cm³/mol. The van der Waals surface area contributed by atoms with Crippen LogP contribution in [0.5, 0.6) is 11.5 Å². The summed E-state index contributed by atoms with van der Waals surface area (Å²) in [6.07, 6.45) is 4.54. The molecule has 1 fully saturated rings. The van der Waals surface area contributed by atoms with E-state index in [-0.39, 0.29) is 12.4 Å². The topological polar surface area (TPSA) is 66.6 Å². The van der Waals surface area contributed by atoms with Crippen molar-refractivity contribution in [3.63, 3.8) is 0 Å². The molecule has 0 atom stereocenters. The molecule has 0 saturated heterocycles. The van der Waals surface area contributed by atoms with Gasteiger partial charge in [-0.25, -0.2) is 0 Å². The molecule has 154 valence electrons. The molecule has 1 aliphatic carbocycles. The normalized spacial score (nSPS) is 15.5. The van der Waals surface area contributed by atoms with Crippen molar-refractivity contribution in [2.45, 2.75) is 38.3 Å². The Balaban J connectivity index is 1.45. The van der Waals surface area contributed by atoms with E-state index in [4.69, 9.17) is 21.7 Å². The van der Waals surface area contributed by atoms with Crippen molar-refractivity contribution < 1.29 is 9.47 Å². The Kier molecular flexibility index (Phi) is 5.04. The molecule has 3 aromatic rings. The number of nitrogens with one attached hydrogen (secondary N) is 2. The summed E-state index contributed by atoms with van der Waals surface area (Å²) in [5.74, 6) is 1.36. The van der Waals surface area contributed by atoms with Crippen molar-refractivity contribution in [2.75, 3.05) is 12.1 Å². The van der Waals surface area contributed by atoms with Gasteiger partial charge in [0.2, 0.25) is 6.79 Å². The van der Waals surface area contributed by atoms with Crippen LogP contribution in [0.25, 0.3) is 10.9 Å². The van der Waals surface area contributed by atoms with Crippen LogP contribution in [0, 0.1) is 0 Å². The molecule has 0 radical (unpaired) electrons. The Morgan fingerprint density at radius 3 is 2.60 bits per heavy atom. The van der Waals surface area contributed by atoms with E-state index >= 15 is 0 Å². The van der Waals surface area contributed by atoms with Gasteiger partial charge in [-0.15, -0.1) is 0 Å². The molecule has 2 aromatic carbocycles. The first kappa shape index (κ1) is 18.9. The molecule has 1 aliphatic heterocycles. The summed E-state index contributed by atoms with van der Waals surface area (Å²) in [7, 11) is 0.